The van der Waals surface area contributed by atoms with E-state index in [1.54, 1.807) is 13.3 Å². The summed E-state index contributed by atoms with van der Waals surface area (Å²) in [4.78, 5) is 16.8. The Morgan fingerprint density at radius 1 is 1.17 bits per heavy atom. The number of nitrogens with one attached hydrogen (secondary N) is 1. The Kier molecular flexibility index (Phi) is 3.97. The molecule has 4 nitrogen and oxygen atoms in total. The van der Waals surface area contributed by atoms with E-state index in [0.29, 0.717) is 23.4 Å². The molecule has 2 aromatic rings. The van der Waals surface area contributed by atoms with E-state index >= 15 is 0 Å². The highest BCUT2D eigenvalue weighted by Gasteiger charge is 2.40. The van der Waals surface area contributed by atoms with Gasteiger partial charge in [0.05, 0.1) is 7.11 Å². The number of carbonyl (C=O) groups is 1. The molecule has 3 atom stereocenters. The molecule has 124 valence electrons. The second-order valence-corrected chi connectivity index (χ2v) is 6.92. The van der Waals surface area contributed by atoms with Crippen molar-refractivity contribution >= 4 is 5.91 Å². The number of hydrogen-bond donors (Lipinski definition) is 1. The number of fused-ring (bicyclic) bond motifs is 2. The standard InChI is InChI=1S/C20H22N2O2/c1-24-19-8-7-17(12-21-19)14-3-2-4-16(11-14)20(23)22-18-10-13-5-6-15(18)9-13/h2-4,7-8,11-13,15,18H,5-6,9-10H2,1H3,(H,22,23)/t13-,15+,18-/m1/s1. The summed E-state index contributed by atoms with van der Waals surface area (Å²) in [6.07, 6.45) is 6.83. The van der Waals surface area contributed by atoms with Gasteiger partial charge in [0.1, 0.15) is 0 Å². The molecule has 2 bridgehead atoms. The van der Waals surface area contributed by atoms with Crippen molar-refractivity contribution in [1.29, 1.82) is 0 Å². The zero-order valence-corrected chi connectivity index (χ0v) is 13.9. The Bertz CT molecular complexity index is 742. The summed E-state index contributed by atoms with van der Waals surface area (Å²) in [6.45, 7) is 0. The Morgan fingerprint density at radius 3 is 2.75 bits per heavy atom. The van der Waals surface area contributed by atoms with Crippen LogP contribution in [0.3, 0.4) is 0 Å². The van der Waals surface area contributed by atoms with Gasteiger partial charge in [0.15, 0.2) is 0 Å². The molecule has 0 spiro atoms. The van der Waals surface area contributed by atoms with Gasteiger partial charge in [0, 0.05) is 29.4 Å². The van der Waals surface area contributed by atoms with E-state index in [1.807, 2.05) is 36.4 Å². The first-order valence-corrected chi connectivity index (χ1v) is 8.64. The molecule has 2 fully saturated rings. The van der Waals surface area contributed by atoms with Crippen molar-refractivity contribution in [2.75, 3.05) is 7.11 Å². The van der Waals surface area contributed by atoms with Gasteiger partial charge in [0.25, 0.3) is 5.91 Å². The van der Waals surface area contributed by atoms with Gasteiger partial charge in [0.2, 0.25) is 5.88 Å². The second kappa shape index (κ2) is 6.27. The Balaban J connectivity index is 1.50. The minimum Gasteiger partial charge on any atom is -0.481 e. The van der Waals surface area contributed by atoms with Crippen LogP contribution in [0.1, 0.15) is 36.0 Å². The van der Waals surface area contributed by atoms with Crippen LogP contribution in [0.2, 0.25) is 0 Å². The number of ether oxygens (including phenoxy) is 1. The maximum Gasteiger partial charge on any atom is 0.251 e. The maximum absolute atomic E-state index is 12.6. The van der Waals surface area contributed by atoms with Crippen molar-refractivity contribution in [2.24, 2.45) is 11.8 Å². The van der Waals surface area contributed by atoms with Crippen LogP contribution in [0, 0.1) is 11.8 Å². The molecule has 1 N–H and O–H groups in total. The number of benzene rings is 1. The zero-order chi connectivity index (χ0) is 16.5. The predicted octanol–water partition coefficient (Wildman–Crippen LogP) is 3.68. The molecule has 0 aliphatic heterocycles. The number of rotatable bonds is 4. The lowest BCUT2D eigenvalue weighted by atomic mass is 9.95. The van der Waals surface area contributed by atoms with Crippen LogP contribution in [-0.4, -0.2) is 24.0 Å². The lowest BCUT2D eigenvalue weighted by Crippen LogP contribution is -2.38. The number of methoxy groups -OCH3 is 1. The minimum atomic E-state index is 0.0378. The highest BCUT2D eigenvalue weighted by molar-refractivity contribution is 5.95. The average molecular weight is 322 g/mol. The largest absolute Gasteiger partial charge is 0.481 e. The topological polar surface area (TPSA) is 51.2 Å². The zero-order valence-electron chi connectivity index (χ0n) is 13.9. The van der Waals surface area contributed by atoms with Crippen LogP contribution >= 0.6 is 0 Å². The molecule has 2 aliphatic rings. The smallest absolute Gasteiger partial charge is 0.251 e. The summed E-state index contributed by atoms with van der Waals surface area (Å²) >= 11 is 0. The molecule has 24 heavy (non-hydrogen) atoms. The molecule has 1 aromatic heterocycles. The second-order valence-electron chi connectivity index (χ2n) is 6.92. The van der Waals surface area contributed by atoms with Crippen molar-refractivity contribution in [3.63, 3.8) is 0 Å². The van der Waals surface area contributed by atoms with Crippen molar-refractivity contribution < 1.29 is 9.53 Å². The highest BCUT2D eigenvalue weighted by Crippen LogP contribution is 2.44. The van der Waals surface area contributed by atoms with E-state index in [4.69, 9.17) is 4.74 Å². The van der Waals surface area contributed by atoms with E-state index in [0.717, 1.165) is 23.5 Å². The summed E-state index contributed by atoms with van der Waals surface area (Å²) < 4.78 is 5.09. The fraction of sp³-hybridized carbons (Fsp3) is 0.400. The van der Waals surface area contributed by atoms with Crippen LogP contribution in [0.4, 0.5) is 0 Å². The summed E-state index contributed by atoms with van der Waals surface area (Å²) in [7, 11) is 1.60. The molecule has 0 radical (unpaired) electrons. The first-order valence-electron chi connectivity index (χ1n) is 8.64. The third-order valence-electron chi connectivity index (χ3n) is 5.46. The SMILES string of the molecule is COc1ccc(-c2cccc(C(=O)N[C@@H]3C[C@@H]4CC[C@H]3C4)c2)cn1. The average Bonchev–Trinajstić information content (AvgIpc) is 3.25. The molecule has 1 amide bonds. The summed E-state index contributed by atoms with van der Waals surface area (Å²) in [6, 6.07) is 11.9. The molecule has 4 heteroatoms. The molecule has 0 unspecified atom stereocenters. The van der Waals surface area contributed by atoms with Crippen LogP contribution in [0.15, 0.2) is 42.6 Å². The lowest BCUT2D eigenvalue weighted by molar-refractivity contribution is 0.0923. The number of aromatic nitrogens is 1. The van der Waals surface area contributed by atoms with Gasteiger partial charge in [-0.15, -0.1) is 0 Å². The van der Waals surface area contributed by atoms with Crippen molar-refractivity contribution in [3.8, 4) is 17.0 Å². The molecule has 2 aliphatic carbocycles. The lowest BCUT2D eigenvalue weighted by Gasteiger charge is -2.23. The number of hydrogen-bond acceptors (Lipinski definition) is 3. The van der Waals surface area contributed by atoms with Gasteiger partial charge < -0.3 is 10.1 Å². The predicted molar refractivity (Wildman–Crippen MR) is 92.9 cm³/mol. The minimum absolute atomic E-state index is 0.0378. The quantitative estimate of drug-likeness (QED) is 0.934. The van der Waals surface area contributed by atoms with Gasteiger partial charge in [-0.25, -0.2) is 4.98 Å². The third-order valence-corrected chi connectivity index (χ3v) is 5.46. The van der Waals surface area contributed by atoms with E-state index in [2.05, 4.69) is 10.3 Å². The van der Waals surface area contributed by atoms with Gasteiger partial charge in [-0.05, 0) is 54.9 Å². The Hall–Kier alpha value is -2.36. The number of pyridine rings is 1. The number of nitrogens with zero attached hydrogens (tertiary/aromatic N) is 1. The maximum atomic E-state index is 12.6. The molecule has 1 heterocycles. The summed E-state index contributed by atoms with van der Waals surface area (Å²) in [5.41, 5.74) is 2.68. The van der Waals surface area contributed by atoms with Gasteiger partial charge in [-0.2, -0.15) is 0 Å². The van der Waals surface area contributed by atoms with Gasteiger partial charge in [-0.1, -0.05) is 18.6 Å². The highest BCUT2D eigenvalue weighted by atomic mass is 16.5. The van der Waals surface area contributed by atoms with E-state index in [-0.39, 0.29) is 5.91 Å². The fourth-order valence-corrected chi connectivity index (χ4v) is 4.19. The Labute approximate surface area is 142 Å². The van der Waals surface area contributed by atoms with Gasteiger partial charge in [-0.3, -0.25) is 4.79 Å². The number of amides is 1. The third kappa shape index (κ3) is 2.88. The van der Waals surface area contributed by atoms with Crippen molar-refractivity contribution in [3.05, 3.63) is 48.2 Å². The van der Waals surface area contributed by atoms with E-state index < -0.39 is 0 Å². The molecular formula is C20H22N2O2. The van der Waals surface area contributed by atoms with Crippen LogP contribution < -0.4 is 10.1 Å². The van der Waals surface area contributed by atoms with E-state index in [1.165, 1.54) is 19.3 Å². The van der Waals surface area contributed by atoms with Gasteiger partial charge >= 0.3 is 0 Å². The van der Waals surface area contributed by atoms with Crippen molar-refractivity contribution in [2.45, 2.75) is 31.7 Å². The fourth-order valence-electron chi connectivity index (χ4n) is 4.19. The first kappa shape index (κ1) is 15.2. The first-order chi connectivity index (χ1) is 11.7. The molecule has 0 saturated heterocycles. The van der Waals surface area contributed by atoms with E-state index in [9.17, 15) is 4.79 Å². The van der Waals surface area contributed by atoms with Crippen LogP contribution in [-0.2, 0) is 0 Å². The normalized spacial score (nSPS) is 24.8. The van der Waals surface area contributed by atoms with Crippen LogP contribution in [0.25, 0.3) is 11.1 Å². The van der Waals surface area contributed by atoms with Crippen LogP contribution in [0.5, 0.6) is 5.88 Å². The summed E-state index contributed by atoms with van der Waals surface area (Å²) in [5.74, 6) is 2.14. The molecular weight excluding hydrogens is 300 g/mol. The van der Waals surface area contributed by atoms with Crippen molar-refractivity contribution in [1.82, 2.24) is 10.3 Å². The number of carbonyl (C=O) groups excluding carboxylic acids is 1. The molecule has 1 aromatic carbocycles. The monoisotopic (exact) mass is 322 g/mol. The molecule has 4 rings (SSSR count). The summed E-state index contributed by atoms with van der Waals surface area (Å²) in [5, 5.41) is 3.25. The Morgan fingerprint density at radius 2 is 2.08 bits per heavy atom. The molecule has 2 saturated carbocycles.